The molecule has 1 aromatic rings. The van der Waals surface area contributed by atoms with Crippen molar-refractivity contribution in [3.63, 3.8) is 0 Å². The van der Waals surface area contributed by atoms with E-state index in [1.165, 1.54) is 0 Å². The average molecular weight is 393 g/mol. The topological polar surface area (TPSA) is 80.1 Å². The number of ether oxygens (including phenoxy) is 1. The Morgan fingerprint density at radius 1 is 1.17 bits per heavy atom. The van der Waals surface area contributed by atoms with Gasteiger partial charge in [0, 0.05) is 31.7 Å². The van der Waals surface area contributed by atoms with Crippen LogP contribution in [0.15, 0.2) is 40.6 Å². The van der Waals surface area contributed by atoms with Crippen LogP contribution in [0.2, 0.25) is 0 Å². The van der Waals surface area contributed by atoms with Gasteiger partial charge in [-0.05, 0) is 36.7 Å². The lowest BCUT2D eigenvalue weighted by Crippen LogP contribution is -2.47. The summed E-state index contributed by atoms with van der Waals surface area (Å²) < 4.78 is 5.61. The lowest BCUT2D eigenvalue weighted by molar-refractivity contribution is -0.153. The molecule has 1 aromatic carbocycles. The van der Waals surface area contributed by atoms with E-state index < -0.39 is 5.66 Å². The number of terminal acetylenes is 1. The molecule has 29 heavy (non-hydrogen) atoms. The molecule has 1 heterocycles. The largest absolute Gasteiger partial charge is 0.461 e. The molecule has 6 nitrogen and oxygen atoms in total. The van der Waals surface area contributed by atoms with Crippen molar-refractivity contribution < 1.29 is 14.3 Å². The van der Waals surface area contributed by atoms with Gasteiger partial charge in [-0.15, -0.1) is 12.3 Å². The Kier molecular flexibility index (Phi) is 5.66. The third kappa shape index (κ3) is 4.50. The average Bonchev–Trinajstić information content (AvgIpc) is 3.22. The fraction of sp³-hybridized carbons (Fsp3) is 0.565. The maximum Gasteiger partial charge on any atom is 0.311 e. The molecular weight excluding hydrogens is 366 g/mol. The quantitative estimate of drug-likeness (QED) is 0.514. The van der Waals surface area contributed by atoms with E-state index >= 15 is 0 Å². The second kappa shape index (κ2) is 8.36. The molecule has 4 atom stereocenters. The molecule has 152 valence electrons. The van der Waals surface area contributed by atoms with Gasteiger partial charge in [0.2, 0.25) is 5.91 Å². The smallest absolute Gasteiger partial charge is 0.311 e. The number of amides is 1. The van der Waals surface area contributed by atoms with Gasteiger partial charge in [-0.1, -0.05) is 30.3 Å². The summed E-state index contributed by atoms with van der Waals surface area (Å²) in [5.74, 6) is 2.80. The summed E-state index contributed by atoms with van der Waals surface area (Å²) in [6.45, 7) is 0.273. The summed E-state index contributed by atoms with van der Waals surface area (Å²) in [4.78, 5) is 25.4. The van der Waals surface area contributed by atoms with Crippen LogP contribution < -0.4 is 5.32 Å². The van der Waals surface area contributed by atoms with Crippen LogP contribution in [-0.4, -0.2) is 23.6 Å². The van der Waals surface area contributed by atoms with Crippen molar-refractivity contribution in [2.24, 2.45) is 28.0 Å². The Bertz CT molecular complexity index is 824. The molecule has 2 saturated carbocycles. The second-order valence-corrected chi connectivity index (χ2v) is 8.43. The highest BCUT2D eigenvalue weighted by molar-refractivity contribution is 5.79. The van der Waals surface area contributed by atoms with E-state index in [1.54, 1.807) is 0 Å². The molecule has 1 amide bonds. The minimum Gasteiger partial charge on any atom is -0.461 e. The van der Waals surface area contributed by atoms with E-state index in [2.05, 4.69) is 21.5 Å². The van der Waals surface area contributed by atoms with Crippen LogP contribution in [0, 0.1) is 30.1 Å². The Hall–Kier alpha value is -2.68. The predicted octanol–water partition coefficient (Wildman–Crippen LogP) is 3.62. The first kappa shape index (κ1) is 19.6. The molecular formula is C23H27N3O3. The predicted molar refractivity (Wildman–Crippen MR) is 107 cm³/mol. The van der Waals surface area contributed by atoms with Crippen LogP contribution >= 0.6 is 0 Å². The van der Waals surface area contributed by atoms with Gasteiger partial charge in [-0.25, -0.2) is 0 Å². The molecule has 4 rings (SSSR count). The van der Waals surface area contributed by atoms with Crippen molar-refractivity contribution in [1.29, 1.82) is 0 Å². The maximum atomic E-state index is 12.8. The van der Waals surface area contributed by atoms with E-state index in [0.29, 0.717) is 37.5 Å². The number of rotatable bonds is 9. The molecule has 6 heteroatoms. The molecule has 1 N–H and O–H groups in total. The van der Waals surface area contributed by atoms with Crippen molar-refractivity contribution in [2.75, 3.05) is 0 Å². The number of hydrogen-bond donors (Lipinski definition) is 1. The van der Waals surface area contributed by atoms with Crippen molar-refractivity contribution >= 4 is 11.9 Å². The normalized spacial score (nSPS) is 28.0. The number of nitrogens with zero attached hydrogens (tertiary/aromatic N) is 2. The standard InChI is InChI=1S/C23H27N3O3/c1-2-3-12-23(25-26-23)13-11-19(27)24-21-18-10-9-17(14-18)20(21)22(28)29-15-16-7-5-4-6-8-16/h1,4-8,17-18,20-21H,3,9-15H2,(H,24,27)/t17-,18+,20+,21-/m0/s1. The molecule has 2 aliphatic carbocycles. The van der Waals surface area contributed by atoms with Gasteiger partial charge in [0.1, 0.15) is 6.61 Å². The van der Waals surface area contributed by atoms with Crippen molar-refractivity contribution in [1.82, 2.24) is 5.32 Å². The third-order valence-electron chi connectivity index (χ3n) is 6.55. The summed E-state index contributed by atoms with van der Waals surface area (Å²) in [6, 6.07) is 9.55. The lowest BCUT2D eigenvalue weighted by atomic mass is 9.84. The summed E-state index contributed by atoms with van der Waals surface area (Å²) in [5.41, 5.74) is 0.519. The minimum absolute atomic E-state index is 0.0409. The molecule has 2 fully saturated rings. The van der Waals surface area contributed by atoms with Crippen LogP contribution in [0.25, 0.3) is 0 Å². The monoisotopic (exact) mass is 393 g/mol. The van der Waals surface area contributed by atoms with Gasteiger partial charge in [0.05, 0.1) is 5.92 Å². The molecule has 0 aromatic heterocycles. The summed E-state index contributed by atoms with van der Waals surface area (Å²) >= 11 is 0. The first-order chi connectivity index (χ1) is 14.1. The Morgan fingerprint density at radius 3 is 2.66 bits per heavy atom. The Labute approximate surface area is 171 Å². The van der Waals surface area contributed by atoms with Crippen LogP contribution in [0.5, 0.6) is 0 Å². The van der Waals surface area contributed by atoms with Crippen LogP contribution in [0.4, 0.5) is 0 Å². The van der Waals surface area contributed by atoms with E-state index in [0.717, 1.165) is 24.8 Å². The van der Waals surface area contributed by atoms with E-state index in [9.17, 15) is 9.59 Å². The second-order valence-electron chi connectivity index (χ2n) is 8.43. The van der Waals surface area contributed by atoms with Gasteiger partial charge in [0.25, 0.3) is 0 Å². The molecule has 2 bridgehead atoms. The number of carbonyl (C=O) groups excluding carboxylic acids is 2. The number of carbonyl (C=O) groups is 2. The maximum absolute atomic E-state index is 12.8. The number of esters is 1. The fourth-order valence-corrected chi connectivity index (χ4v) is 4.90. The van der Waals surface area contributed by atoms with Gasteiger partial charge in [-0.3, -0.25) is 9.59 Å². The molecule has 0 saturated heterocycles. The third-order valence-corrected chi connectivity index (χ3v) is 6.55. The van der Waals surface area contributed by atoms with E-state index in [-0.39, 0.29) is 30.4 Å². The van der Waals surface area contributed by atoms with Crippen molar-refractivity contribution in [2.45, 2.75) is 63.3 Å². The molecule has 0 spiro atoms. The van der Waals surface area contributed by atoms with E-state index in [4.69, 9.17) is 11.2 Å². The zero-order valence-electron chi connectivity index (χ0n) is 16.5. The number of hydrogen-bond acceptors (Lipinski definition) is 5. The fourth-order valence-electron chi connectivity index (χ4n) is 4.90. The number of nitrogens with one attached hydrogen (secondary N) is 1. The number of fused-ring (bicyclic) bond motifs is 2. The minimum atomic E-state index is -0.452. The van der Waals surface area contributed by atoms with Crippen molar-refractivity contribution in [3.05, 3.63) is 35.9 Å². The molecule has 3 aliphatic rings. The van der Waals surface area contributed by atoms with E-state index in [1.807, 2.05) is 30.3 Å². The highest BCUT2D eigenvalue weighted by atomic mass is 16.5. The van der Waals surface area contributed by atoms with Gasteiger partial charge < -0.3 is 10.1 Å². The lowest BCUT2D eigenvalue weighted by Gasteiger charge is -2.30. The summed E-state index contributed by atoms with van der Waals surface area (Å²) in [5, 5.41) is 11.3. The molecule has 1 aliphatic heterocycles. The molecule has 0 unspecified atom stereocenters. The van der Waals surface area contributed by atoms with Crippen molar-refractivity contribution in [3.8, 4) is 12.3 Å². The Balaban J connectivity index is 1.30. The molecule has 0 radical (unpaired) electrons. The van der Waals surface area contributed by atoms with Crippen LogP contribution in [0.1, 0.15) is 50.5 Å². The van der Waals surface area contributed by atoms with Crippen LogP contribution in [-0.2, 0) is 20.9 Å². The number of benzene rings is 1. The SMILES string of the molecule is C#CCCC1(CCC(=O)N[C@H]2[C@@H]3CC[C@@H](C3)[C@H]2C(=O)OCc2ccccc2)N=N1. The first-order valence-electron chi connectivity index (χ1n) is 10.5. The van der Waals surface area contributed by atoms with Gasteiger partial charge >= 0.3 is 5.97 Å². The highest BCUT2D eigenvalue weighted by Crippen LogP contribution is 2.49. The van der Waals surface area contributed by atoms with Gasteiger partial charge in [-0.2, -0.15) is 10.2 Å². The zero-order valence-corrected chi connectivity index (χ0v) is 16.5. The summed E-state index contributed by atoms with van der Waals surface area (Å²) in [7, 11) is 0. The van der Waals surface area contributed by atoms with Gasteiger partial charge in [0.15, 0.2) is 5.66 Å². The Morgan fingerprint density at radius 2 is 1.93 bits per heavy atom. The first-order valence-corrected chi connectivity index (χ1v) is 10.5. The van der Waals surface area contributed by atoms with Crippen LogP contribution in [0.3, 0.4) is 0 Å². The summed E-state index contributed by atoms with van der Waals surface area (Å²) in [6.07, 6.45) is 10.6. The highest BCUT2D eigenvalue weighted by Gasteiger charge is 2.52. The zero-order chi connectivity index (χ0) is 20.3.